The van der Waals surface area contributed by atoms with Crippen molar-refractivity contribution in [3.63, 3.8) is 0 Å². The molecule has 0 saturated carbocycles. The van der Waals surface area contributed by atoms with E-state index in [1.54, 1.807) is 19.9 Å². The Bertz CT molecular complexity index is 437. The van der Waals surface area contributed by atoms with Crippen molar-refractivity contribution in [3.8, 4) is 11.5 Å². The fraction of sp³-hybridized carbons (Fsp3) is 0.273. The highest BCUT2D eigenvalue weighted by Crippen LogP contribution is 2.34. The third kappa shape index (κ3) is 2.87. The molecule has 1 rings (SSSR count). The molecule has 0 saturated heterocycles. The van der Waals surface area contributed by atoms with Crippen LogP contribution in [0.1, 0.15) is 16.7 Å². The van der Waals surface area contributed by atoms with Crippen LogP contribution in [0.5, 0.6) is 11.5 Å². The van der Waals surface area contributed by atoms with Gasteiger partial charge in [-0.25, -0.2) is 9.59 Å². The maximum Gasteiger partial charge on any atom is 0.511 e. The summed E-state index contributed by atoms with van der Waals surface area (Å²) >= 11 is 0. The minimum atomic E-state index is -1.46. The normalized spacial score (nSPS) is 9.82. The van der Waals surface area contributed by atoms with Gasteiger partial charge in [0.05, 0.1) is 0 Å². The Morgan fingerprint density at radius 3 is 1.59 bits per heavy atom. The molecule has 0 unspecified atom stereocenters. The quantitative estimate of drug-likeness (QED) is 0.609. The van der Waals surface area contributed by atoms with Crippen LogP contribution >= 0.6 is 0 Å². The van der Waals surface area contributed by atoms with Crippen molar-refractivity contribution < 1.29 is 29.3 Å². The van der Waals surface area contributed by atoms with Gasteiger partial charge in [0, 0.05) is 5.56 Å². The first kappa shape index (κ1) is 12.8. The minimum absolute atomic E-state index is 0.0966. The van der Waals surface area contributed by atoms with Gasteiger partial charge < -0.3 is 19.7 Å². The average Bonchev–Trinajstić information content (AvgIpc) is 2.18. The lowest BCUT2D eigenvalue weighted by molar-refractivity contribution is 0.142. The minimum Gasteiger partial charge on any atom is -0.449 e. The highest BCUT2D eigenvalue weighted by molar-refractivity contribution is 5.68. The largest absolute Gasteiger partial charge is 0.511 e. The van der Waals surface area contributed by atoms with Gasteiger partial charge in [-0.2, -0.15) is 0 Å². The monoisotopic (exact) mass is 240 g/mol. The lowest BCUT2D eigenvalue weighted by Crippen LogP contribution is -2.10. The van der Waals surface area contributed by atoms with E-state index in [1.165, 1.54) is 6.92 Å². The van der Waals surface area contributed by atoms with Gasteiger partial charge in [0.2, 0.25) is 0 Å². The summed E-state index contributed by atoms with van der Waals surface area (Å²) in [6.45, 7) is 4.88. The van der Waals surface area contributed by atoms with E-state index < -0.39 is 12.3 Å². The molecule has 17 heavy (non-hydrogen) atoms. The van der Waals surface area contributed by atoms with Crippen molar-refractivity contribution in [3.05, 3.63) is 22.8 Å². The molecule has 0 bridgehead atoms. The number of ether oxygens (including phenoxy) is 2. The summed E-state index contributed by atoms with van der Waals surface area (Å²) < 4.78 is 9.19. The SMILES string of the molecule is Cc1cc(C)c(OC(=O)O)c(C)c1OC(=O)O. The number of carbonyl (C=O) groups is 2. The molecule has 0 atom stereocenters. The summed E-state index contributed by atoms with van der Waals surface area (Å²) in [5.41, 5.74) is 1.53. The molecule has 92 valence electrons. The number of aryl methyl sites for hydroxylation is 2. The molecule has 1 aromatic rings. The van der Waals surface area contributed by atoms with E-state index in [2.05, 4.69) is 9.47 Å². The standard InChI is InChI=1S/C11H12O6/c1-5-4-6(2)9(17-11(14)15)7(3)8(5)16-10(12)13/h4H,1-3H3,(H,12,13)(H,14,15). The van der Waals surface area contributed by atoms with Crippen molar-refractivity contribution in [1.82, 2.24) is 0 Å². The van der Waals surface area contributed by atoms with Crippen molar-refractivity contribution in [2.24, 2.45) is 0 Å². The van der Waals surface area contributed by atoms with Gasteiger partial charge >= 0.3 is 12.3 Å². The van der Waals surface area contributed by atoms with E-state index in [-0.39, 0.29) is 11.5 Å². The first-order valence-corrected chi connectivity index (χ1v) is 4.75. The Hall–Kier alpha value is -2.24. The molecule has 6 heteroatoms. The van der Waals surface area contributed by atoms with Crippen molar-refractivity contribution in [1.29, 1.82) is 0 Å². The number of hydrogen-bond donors (Lipinski definition) is 2. The van der Waals surface area contributed by atoms with E-state index in [0.29, 0.717) is 16.7 Å². The summed E-state index contributed by atoms with van der Waals surface area (Å²) in [4.78, 5) is 21.0. The van der Waals surface area contributed by atoms with Crippen LogP contribution in [0.15, 0.2) is 6.07 Å². The first-order chi connectivity index (χ1) is 7.82. The topological polar surface area (TPSA) is 93.1 Å². The highest BCUT2D eigenvalue weighted by atomic mass is 16.7. The predicted molar refractivity (Wildman–Crippen MR) is 58.0 cm³/mol. The summed E-state index contributed by atoms with van der Waals surface area (Å²) in [7, 11) is 0. The third-order valence-electron chi connectivity index (χ3n) is 2.21. The van der Waals surface area contributed by atoms with Crippen molar-refractivity contribution in [2.75, 3.05) is 0 Å². The smallest absolute Gasteiger partial charge is 0.449 e. The number of benzene rings is 1. The van der Waals surface area contributed by atoms with Gasteiger partial charge in [-0.15, -0.1) is 0 Å². The Morgan fingerprint density at radius 2 is 1.29 bits per heavy atom. The third-order valence-corrected chi connectivity index (χ3v) is 2.21. The van der Waals surface area contributed by atoms with Crippen LogP contribution in [-0.2, 0) is 0 Å². The summed E-state index contributed by atoms with van der Waals surface area (Å²) in [6.07, 6.45) is -2.91. The van der Waals surface area contributed by atoms with Crippen molar-refractivity contribution in [2.45, 2.75) is 20.8 Å². The van der Waals surface area contributed by atoms with Gasteiger partial charge in [-0.3, -0.25) is 0 Å². The predicted octanol–water partition coefficient (Wildman–Crippen LogP) is 2.73. The van der Waals surface area contributed by atoms with E-state index in [9.17, 15) is 9.59 Å². The number of rotatable bonds is 2. The zero-order valence-corrected chi connectivity index (χ0v) is 9.60. The molecule has 1 aromatic carbocycles. The Labute approximate surface area is 97.4 Å². The molecule has 0 amide bonds. The van der Waals surface area contributed by atoms with E-state index >= 15 is 0 Å². The second-order valence-corrected chi connectivity index (χ2v) is 3.53. The Balaban J connectivity index is 3.31. The van der Waals surface area contributed by atoms with E-state index in [0.717, 1.165) is 0 Å². The Kier molecular flexibility index (Phi) is 3.57. The second kappa shape index (κ2) is 4.73. The zero-order valence-electron chi connectivity index (χ0n) is 9.60. The molecule has 0 radical (unpaired) electrons. The van der Waals surface area contributed by atoms with Crippen LogP contribution < -0.4 is 9.47 Å². The van der Waals surface area contributed by atoms with Crippen LogP contribution in [0.4, 0.5) is 9.59 Å². The first-order valence-electron chi connectivity index (χ1n) is 4.75. The molecule has 0 spiro atoms. The van der Waals surface area contributed by atoms with Crippen LogP contribution in [0, 0.1) is 20.8 Å². The maximum absolute atomic E-state index is 10.5. The maximum atomic E-state index is 10.5. The molecule has 2 N–H and O–H groups in total. The van der Waals surface area contributed by atoms with Gasteiger partial charge in [0.25, 0.3) is 0 Å². The second-order valence-electron chi connectivity index (χ2n) is 3.53. The van der Waals surface area contributed by atoms with Gasteiger partial charge in [0.15, 0.2) is 0 Å². The van der Waals surface area contributed by atoms with Crippen molar-refractivity contribution >= 4 is 12.3 Å². The summed E-state index contributed by atoms with van der Waals surface area (Å²) in [5, 5.41) is 17.2. The molecule has 0 aromatic heterocycles. The molecule has 0 aliphatic rings. The molecule has 0 heterocycles. The highest BCUT2D eigenvalue weighted by Gasteiger charge is 2.17. The van der Waals surface area contributed by atoms with Gasteiger partial charge in [-0.05, 0) is 38.0 Å². The summed E-state index contributed by atoms with van der Waals surface area (Å²) in [6, 6.07) is 1.60. The Morgan fingerprint density at radius 1 is 0.941 bits per heavy atom. The lowest BCUT2D eigenvalue weighted by atomic mass is 10.0. The molecule has 0 aliphatic carbocycles. The van der Waals surface area contributed by atoms with Crippen LogP contribution in [0.2, 0.25) is 0 Å². The van der Waals surface area contributed by atoms with E-state index in [1.807, 2.05) is 0 Å². The molecular formula is C11H12O6. The van der Waals surface area contributed by atoms with Crippen LogP contribution in [0.3, 0.4) is 0 Å². The molecular weight excluding hydrogens is 228 g/mol. The van der Waals surface area contributed by atoms with Gasteiger partial charge in [-0.1, -0.05) is 0 Å². The number of hydrogen-bond acceptors (Lipinski definition) is 4. The van der Waals surface area contributed by atoms with Gasteiger partial charge in [0.1, 0.15) is 11.5 Å². The average molecular weight is 240 g/mol. The molecule has 0 fully saturated rings. The fourth-order valence-electron chi connectivity index (χ4n) is 1.64. The van der Waals surface area contributed by atoms with Crippen LogP contribution in [-0.4, -0.2) is 22.5 Å². The summed E-state index contributed by atoms with van der Waals surface area (Å²) in [5.74, 6) is 0.193. The zero-order chi connectivity index (χ0) is 13.2. The lowest BCUT2D eigenvalue weighted by Gasteiger charge is -2.14. The number of carboxylic acid groups (broad SMARTS) is 2. The molecule has 0 aliphatic heterocycles. The molecule has 6 nitrogen and oxygen atoms in total. The fourth-order valence-corrected chi connectivity index (χ4v) is 1.64. The van der Waals surface area contributed by atoms with E-state index in [4.69, 9.17) is 10.2 Å². The van der Waals surface area contributed by atoms with Crippen LogP contribution in [0.25, 0.3) is 0 Å².